The lowest BCUT2D eigenvalue weighted by atomic mass is 10.1. The molecule has 0 aliphatic rings. The van der Waals surface area contributed by atoms with Gasteiger partial charge in [0.1, 0.15) is 23.0 Å². The van der Waals surface area contributed by atoms with E-state index in [1.165, 1.54) is 19.1 Å². The van der Waals surface area contributed by atoms with Gasteiger partial charge in [-0.25, -0.2) is 14.4 Å². The zero-order valence-electron chi connectivity index (χ0n) is 16.5. The second-order valence-electron chi connectivity index (χ2n) is 7.35. The van der Waals surface area contributed by atoms with Gasteiger partial charge in [-0.2, -0.15) is 0 Å². The van der Waals surface area contributed by atoms with Gasteiger partial charge in [-0.1, -0.05) is 6.92 Å². The number of nitrogens with one attached hydrogen (secondary N) is 1. The molecule has 0 saturated carbocycles. The van der Waals surface area contributed by atoms with Crippen molar-refractivity contribution in [3.63, 3.8) is 0 Å². The van der Waals surface area contributed by atoms with E-state index < -0.39 is 29.3 Å². The van der Waals surface area contributed by atoms with Crippen molar-refractivity contribution in [3.8, 4) is 5.75 Å². The average molecular weight is 375 g/mol. The third kappa shape index (κ3) is 5.32. The number of rotatable bonds is 4. The summed E-state index contributed by atoms with van der Waals surface area (Å²) < 4.78 is 15.8. The van der Waals surface area contributed by atoms with Crippen LogP contribution in [0.25, 0.3) is 11.0 Å². The number of alkyl carbamates (subject to hydrolysis) is 1. The van der Waals surface area contributed by atoms with Crippen LogP contribution in [0.5, 0.6) is 5.75 Å². The van der Waals surface area contributed by atoms with Crippen molar-refractivity contribution in [2.45, 2.75) is 59.6 Å². The Bertz CT molecular complexity index is 922. The van der Waals surface area contributed by atoms with Crippen LogP contribution in [-0.2, 0) is 16.0 Å². The van der Waals surface area contributed by atoms with Gasteiger partial charge in [0.15, 0.2) is 0 Å². The second-order valence-corrected chi connectivity index (χ2v) is 7.35. The first kappa shape index (κ1) is 20.5. The Kier molecular flexibility index (Phi) is 5.93. The number of benzene rings is 1. The molecule has 0 unspecified atom stereocenters. The highest BCUT2D eigenvalue weighted by Gasteiger charge is 2.23. The lowest BCUT2D eigenvalue weighted by Gasteiger charge is -2.21. The van der Waals surface area contributed by atoms with Gasteiger partial charge in [-0.05, 0) is 58.2 Å². The molecule has 1 aromatic heterocycles. The summed E-state index contributed by atoms with van der Waals surface area (Å²) >= 11 is 0. The maximum Gasteiger partial charge on any atom is 0.408 e. The number of esters is 1. The maximum atomic E-state index is 12.4. The number of carbonyl (C=O) groups is 2. The SMILES string of the molecule is CCc1cc2c(C)cc(=O)oc2cc1OC(=O)[C@H](C)NC(=O)OC(C)(C)C. The highest BCUT2D eigenvalue weighted by molar-refractivity contribution is 5.86. The van der Waals surface area contributed by atoms with Crippen LogP contribution in [0.4, 0.5) is 4.79 Å². The van der Waals surface area contributed by atoms with Crippen molar-refractivity contribution in [1.29, 1.82) is 0 Å². The monoisotopic (exact) mass is 375 g/mol. The third-order valence-corrected chi connectivity index (χ3v) is 3.81. The van der Waals surface area contributed by atoms with Crippen LogP contribution in [0.2, 0.25) is 0 Å². The summed E-state index contributed by atoms with van der Waals surface area (Å²) in [7, 11) is 0. The molecular formula is C20H25NO6. The molecule has 1 atom stereocenters. The summed E-state index contributed by atoms with van der Waals surface area (Å²) in [6.07, 6.45) is -0.0897. The summed E-state index contributed by atoms with van der Waals surface area (Å²) in [6.45, 7) is 10.4. The Hall–Kier alpha value is -2.83. The van der Waals surface area contributed by atoms with Gasteiger partial charge in [-0.15, -0.1) is 0 Å². The zero-order valence-corrected chi connectivity index (χ0v) is 16.5. The number of fused-ring (bicyclic) bond motifs is 1. The topological polar surface area (TPSA) is 94.8 Å². The number of ether oxygens (including phenoxy) is 2. The van der Waals surface area contributed by atoms with Crippen LogP contribution in [-0.4, -0.2) is 23.7 Å². The molecule has 0 saturated heterocycles. The summed E-state index contributed by atoms with van der Waals surface area (Å²) in [5.41, 5.74) is 0.775. The second kappa shape index (κ2) is 7.82. The molecule has 0 aliphatic heterocycles. The van der Waals surface area contributed by atoms with Crippen LogP contribution in [0, 0.1) is 6.92 Å². The van der Waals surface area contributed by atoms with E-state index in [1.54, 1.807) is 20.8 Å². The molecule has 1 amide bonds. The van der Waals surface area contributed by atoms with E-state index in [0.717, 1.165) is 16.5 Å². The largest absolute Gasteiger partial charge is 0.444 e. The van der Waals surface area contributed by atoms with E-state index >= 15 is 0 Å². The zero-order chi connectivity index (χ0) is 20.4. The first-order chi connectivity index (χ1) is 12.5. The summed E-state index contributed by atoms with van der Waals surface area (Å²) in [5.74, 6) is -0.355. The summed E-state index contributed by atoms with van der Waals surface area (Å²) in [6, 6.07) is 3.87. The molecule has 0 aliphatic carbocycles. The molecule has 27 heavy (non-hydrogen) atoms. The van der Waals surface area contributed by atoms with Crippen LogP contribution in [0.3, 0.4) is 0 Å². The number of amides is 1. The molecule has 2 rings (SSSR count). The van der Waals surface area contributed by atoms with Crippen molar-refractivity contribution in [2.75, 3.05) is 0 Å². The molecule has 0 bridgehead atoms. The first-order valence-corrected chi connectivity index (χ1v) is 8.78. The normalized spacial score (nSPS) is 12.5. The van der Waals surface area contributed by atoms with E-state index in [0.29, 0.717) is 17.8 Å². The fraction of sp³-hybridized carbons (Fsp3) is 0.450. The van der Waals surface area contributed by atoms with Gasteiger partial charge in [0.2, 0.25) is 0 Å². The minimum Gasteiger partial charge on any atom is -0.444 e. The Balaban J connectivity index is 2.22. The fourth-order valence-corrected chi connectivity index (χ4v) is 2.50. The van der Waals surface area contributed by atoms with Crippen LogP contribution < -0.4 is 15.7 Å². The smallest absolute Gasteiger partial charge is 0.408 e. The molecule has 7 heteroatoms. The number of hydrogen-bond acceptors (Lipinski definition) is 6. The van der Waals surface area contributed by atoms with Crippen LogP contribution >= 0.6 is 0 Å². The third-order valence-electron chi connectivity index (χ3n) is 3.81. The predicted octanol–water partition coefficient (Wildman–Crippen LogP) is 3.48. The van der Waals surface area contributed by atoms with Gasteiger partial charge in [0, 0.05) is 17.5 Å². The molecule has 146 valence electrons. The van der Waals surface area contributed by atoms with E-state index in [9.17, 15) is 14.4 Å². The number of hydrogen-bond donors (Lipinski definition) is 1. The maximum absolute atomic E-state index is 12.4. The molecule has 1 N–H and O–H groups in total. The Morgan fingerprint density at radius 3 is 2.48 bits per heavy atom. The van der Waals surface area contributed by atoms with Crippen LogP contribution in [0.1, 0.15) is 45.7 Å². The Morgan fingerprint density at radius 2 is 1.89 bits per heavy atom. The van der Waals surface area contributed by atoms with Crippen molar-refractivity contribution < 1.29 is 23.5 Å². The van der Waals surface area contributed by atoms with Gasteiger partial charge in [0.05, 0.1) is 0 Å². The predicted molar refractivity (Wildman–Crippen MR) is 101 cm³/mol. The lowest BCUT2D eigenvalue weighted by Crippen LogP contribution is -2.43. The Morgan fingerprint density at radius 1 is 1.22 bits per heavy atom. The molecule has 0 radical (unpaired) electrons. The molecule has 0 spiro atoms. The van der Waals surface area contributed by atoms with Gasteiger partial charge < -0.3 is 19.2 Å². The molecule has 0 fully saturated rings. The minimum absolute atomic E-state index is 0.293. The standard InChI is InChI=1S/C20H25NO6/c1-7-13-9-14-11(2)8-17(22)25-16(14)10-15(13)26-18(23)12(3)21-19(24)27-20(4,5)6/h8-10,12H,7H2,1-6H3,(H,21,24)/t12-/m0/s1. The van der Waals surface area contributed by atoms with E-state index in [1.807, 2.05) is 19.9 Å². The summed E-state index contributed by atoms with van der Waals surface area (Å²) in [4.78, 5) is 35.8. The van der Waals surface area contributed by atoms with Gasteiger partial charge >= 0.3 is 17.7 Å². The van der Waals surface area contributed by atoms with Crippen molar-refractivity contribution >= 4 is 23.0 Å². The molecule has 1 aromatic carbocycles. The summed E-state index contributed by atoms with van der Waals surface area (Å²) in [5, 5.41) is 3.22. The number of carbonyl (C=O) groups excluding carboxylic acids is 2. The molecule has 1 heterocycles. The lowest BCUT2D eigenvalue weighted by molar-refractivity contribution is -0.136. The minimum atomic E-state index is -0.912. The quantitative estimate of drug-likeness (QED) is 0.499. The fourth-order valence-electron chi connectivity index (χ4n) is 2.50. The first-order valence-electron chi connectivity index (χ1n) is 8.78. The average Bonchev–Trinajstić information content (AvgIpc) is 2.52. The Labute approximate surface area is 157 Å². The van der Waals surface area contributed by atoms with Gasteiger partial charge in [0.25, 0.3) is 0 Å². The van der Waals surface area contributed by atoms with Crippen molar-refractivity contribution in [3.05, 3.63) is 39.7 Å². The van der Waals surface area contributed by atoms with E-state index in [-0.39, 0.29) is 0 Å². The van der Waals surface area contributed by atoms with E-state index in [4.69, 9.17) is 13.9 Å². The molecule has 7 nitrogen and oxygen atoms in total. The molecular weight excluding hydrogens is 350 g/mol. The molecule has 2 aromatic rings. The number of aryl methyl sites for hydroxylation is 2. The van der Waals surface area contributed by atoms with Gasteiger partial charge in [-0.3, -0.25) is 0 Å². The highest BCUT2D eigenvalue weighted by atomic mass is 16.6. The van der Waals surface area contributed by atoms with Crippen molar-refractivity contribution in [1.82, 2.24) is 5.32 Å². The van der Waals surface area contributed by atoms with Crippen LogP contribution in [0.15, 0.2) is 27.4 Å². The van der Waals surface area contributed by atoms with Crippen molar-refractivity contribution in [2.24, 2.45) is 0 Å². The highest BCUT2D eigenvalue weighted by Crippen LogP contribution is 2.28. The van der Waals surface area contributed by atoms with E-state index in [2.05, 4.69) is 5.32 Å².